The van der Waals surface area contributed by atoms with Crippen LogP contribution in [0.15, 0.2) is 24.5 Å². The van der Waals surface area contributed by atoms with Crippen LogP contribution in [0.2, 0.25) is 0 Å². The molecule has 3 heterocycles. The predicted octanol–water partition coefficient (Wildman–Crippen LogP) is 3.25. The molecule has 1 aromatic rings. The fraction of sp³-hybridized carbons (Fsp3) is 0.727. The highest BCUT2D eigenvalue weighted by Gasteiger charge is 2.36. The summed E-state index contributed by atoms with van der Waals surface area (Å²) in [6, 6.07) is 4.74. The lowest BCUT2D eigenvalue weighted by Gasteiger charge is -2.46. The van der Waals surface area contributed by atoms with Crippen molar-refractivity contribution < 1.29 is 4.79 Å². The van der Waals surface area contributed by atoms with E-state index in [4.69, 9.17) is 0 Å². The molecule has 2 bridgehead atoms. The number of halogens is 1. The highest BCUT2D eigenvalue weighted by molar-refractivity contribution is 5.85. The van der Waals surface area contributed by atoms with Gasteiger partial charge in [-0.1, -0.05) is 26.8 Å². The minimum Gasteiger partial charge on any atom is -0.356 e. The lowest BCUT2D eigenvalue weighted by Crippen LogP contribution is -2.55. The van der Waals surface area contributed by atoms with Crippen molar-refractivity contribution in [3.63, 3.8) is 0 Å². The van der Waals surface area contributed by atoms with Crippen LogP contribution in [-0.4, -0.2) is 48.0 Å². The van der Waals surface area contributed by atoms with Crippen molar-refractivity contribution in [2.75, 3.05) is 26.2 Å². The van der Waals surface area contributed by atoms with E-state index in [1.165, 1.54) is 18.5 Å². The number of fused-ring (bicyclic) bond motifs is 2. The Balaban J connectivity index is 0.00000280. The molecule has 3 atom stereocenters. The predicted molar refractivity (Wildman–Crippen MR) is 116 cm³/mol. The number of pyridine rings is 1. The Hall–Kier alpha value is -1.17. The topological polar surface area (TPSA) is 57.3 Å². The van der Waals surface area contributed by atoms with E-state index in [9.17, 15) is 4.79 Å². The summed E-state index contributed by atoms with van der Waals surface area (Å²) in [5.74, 6) is 1.65. The molecule has 2 saturated heterocycles. The first-order valence-electron chi connectivity index (χ1n) is 10.5. The average molecular weight is 409 g/mol. The Morgan fingerprint density at radius 2 is 2.18 bits per heavy atom. The highest BCUT2D eigenvalue weighted by Crippen LogP contribution is 2.31. The van der Waals surface area contributed by atoms with E-state index in [0.29, 0.717) is 18.4 Å². The summed E-state index contributed by atoms with van der Waals surface area (Å²) >= 11 is 0. The summed E-state index contributed by atoms with van der Waals surface area (Å²) in [7, 11) is 0. The standard InChI is InChI=1S/C22H36N4O.ClH/c1-22(2,3)16-25-21(27)8-4-7-20-19-10-18(12-24-20)14-26(15-19)13-17-6-5-9-23-11-17;/h5-6,9,11,18-20,24H,4,7-8,10,12-16H2,1-3H3,(H,25,27);1H/t18-,19+,20+;/m0./s1. The smallest absolute Gasteiger partial charge is 0.220 e. The molecule has 0 unspecified atom stereocenters. The normalized spacial score (nSPS) is 25.0. The summed E-state index contributed by atoms with van der Waals surface area (Å²) in [6.07, 6.45) is 7.86. The number of likely N-dealkylation sites (tertiary alicyclic amines) is 1. The quantitative estimate of drug-likeness (QED) is 0.727. The Bertz CT molecular complexity index is 604. The minimum atomic E-state index is 0. The maximum atomic E-state index is 12.1. The fourth-order valence-electron chi connectivity index (χ4n) is 4.42. The third-order valence-corrected chi connectivity index (χ3v) is 5.75. The molecule has 6 heteroatoms. The molecule has 1 aromatic heterocycles. The zero-order valence-electron chi connectivity index (χ0n) is 17.6. The largest absolute Gasteiger partial charge is 0.356 e. The van der Waals surface area contributed by atoms with Gasteiger partial charge in [0.05, 0.1) is 0 Å². The van der Waals surface area contributed by atoms with Gasteiger partial charge in [-0.25, -0.2) is 0 Å². The van der Waals surface area contributed by atoms with Crippen LogP contribution in [0, 0.1) is 17.3 Å². The van der Waals surface area contributed by atoms with Gasteiger partial charge in [0.15, 0.2) is 0 Å². The SMILES string of the molecule is CC(C)(C)CNC(=O)CCC[C@H]1NC[C@@H]2C[C@@H]1CN(Cc1cccnc1)C2.Cl. The van der Waals surface area contributed by atoms with Crippen LogP contribution < -0.4 is 10.6 Å². The molecule has 28 heavy (non-hydrogen) atoms. The molecular formula is C22H37ClN4O. The maximum Gasteiger partial charge on any atom is 0.220 e. The number of nitrogens with zero attached hydrogens (tertiary/aromatic N) is 2. The monoisotopic (exact) mass is 408 g/mol. The lowest BCUT2D eigenvalue weighted by atomic mass is 9.79. The van der Waals surface area contributed by atoms with Crippen LogP contribution in [0.1, 0.15) is 52.0 Å². The Kier molecular flexibility index (Phi) is 8.72. The zero-order valence-corrected chi connectivity index (χ0v) is 18.4. The third kappa shape index (κ3) is 7.34. The van der Waals surface area contributed by atoms with Crippen LogP contribution >= 0.6 is 12.4 Å². The number of aromatic nitrogens is 1. The number of piperidine rings is 2. The summed E-state index contributed by atoms with van der Waals surface area (Å²) in [4.78, 5) is 18.9. The fourth-order valence-corrected chi connectivity index (χ4v) is 4.42. The van der Waals surface area contributed by atoms with E-state index in [-0.39, 0.29) is 23.7 Å². The van der Waals surface area contributed by atoms with Crippen molar-refractivity contribution in [1.82, 2.24) is 20.5 Å². The number of carbonyl (C=O) groups is 1. The van der Waals surface area contributed by atoms with Crippen molar-refractivity contribution in [1.29, 1.82) is 0 Å². The lowest BCUT2D eigenvalue weighted by molar-refractivity contribution is -0.121. The van der Waals surface area contributed by atoms with Gasteiger partial charge in [0.2, 0.25) is 5.91 Å². The number of nitrogens with one attached hydrogen (secondary N) is 2. The second-order valence-electron chi connectivity index (χ2n) is 9.66. The van der Waals surface area contributed by atoms with E-state index in [2.05, 4.69) is 47.4 Å². The minimum absolute atomic E-state index is 0. The van der Waals surface area contributed by atoms with Crippen molar-refractivity contribution in [3.8, 4) is 0 Å². The van der Waals surface area contributed by atoms with E-state index >= 15 is 0 Å². The molecule has 2 aliphatic heterocycles. The number of amides is 1. The van der Waals surface area contributed by atoms with Crippen molar-refractivity contribution in [2.45, 2.75) is 59.0 Å². The second kappa shape index (κ2) is 10.6. The molecule has 3 rings (SSSR count). The van der Waals surface area contributed by atoms with Crippen LogP contribution in [0.5, 0.6) is 0 Å². The van der Waals surface area contributed by atoms with Gasteiger partial charge in [-0.2, -0.15) is 0 Å². The molecule has 0 aliphatic carbocycles. The van der Waals surface area contributed by atoms with E-state index in [0.717, 1.165) is 44.9 Å². The zero-order chi connectivity index (χ0) is 19.3. The molecular weight excluding hydrogens is 372 g/mol. The molecule has 5 nitrogen and oxygen atoms in total. The van der Waals surface area contributed by atoms with Gasteiger partial charge in [-0.05, 0) is 54.7 Å². The van der Waals surface area contributed by atoms with Crippen molar-refractivity contribution in [2.24, 2.45) is 17.3 Å². The molecule has 158 valence electrons. The van der Waals surface area contributed by atoms with Crippen molar-refractivity contribution in [3.05, 3.63) is 30.1 Å². The summed E-state index contributed by atoms with van der Waals surface area (Å²) in [5, 5.41) is 6.83. The molecule has 0 radical (unpaired) electrons. The molecule has 0 spiro atoms. The van der Waals surface area contributed by atoms with Crippen LogP contribution in [0.4, 0.5) is 0 Å². The second-order valence-corrected chi connectivity index (χ2v) is 9.66. The Morgan fingerprint density at radius 3 is 2.89 bits per heavy atom. The molecule has 2 N–H and O–H groups in total. The van der Waals surface area contributed by atoms with Crippen LogP contribution in [0.3, 0.4) is 0 Å². The van der Waals surface area contributed by atoms with Gasteiger partial charge in [-0.3, -0.25) is 14.7 Å². The number of carbonyl (C=O) groups excluding carboxylic acids is 1. The number of rotatable bonds is 7. The van der Waals surface area contributed by atoms with Gasteiger partial charge in [-0.15, -0.1) is 12.4 Å². The van der Waals surface area contributed by atoms with E-state index in [1.54, 1.807) is 0 Å². The first-order chi connectivity index (χ1) is 12.9. The third-order valence-electron chi connectivity index (χ3n) is 5.75. The highest BCUT2D eigenvalue weighted by atomic mass is 35.5. The summed E-state index contributed by atoms with van der Waals surface area (Å²) in [6.45, 7) is 11.6. The van der Waals surface area contributed by atoms with Gasteiger partial charge in [0.1, 0.15) is 0 Å². The van der Waals surface area contributed by atoms with Gasteiger partial charge >= 0.3 is 0 Å². The molecule has 0 saturated carbocycles. The van der Waals surface area contributed by atoms with Crippen LogP contribution in [0.25, 0.3) is 0 Å². The Labute approximate surface area is 176 Å². The van der Waals surface area contributed by atoms with Crippen molar-refractivity contribution >= 4 is 18.3 Å². The average Bonchev–Trinajstić information content (AvgIpc) is 2.62. The molecule has 2 aliphatic rings. The number of hydrogen-bond donors (Lipinski definition) is 2. The van der Waals surface area contributed by atoms with E-state index in [1.807, 2.05) is 18.5 Å². The van der Waals surface area contributed by atoms with Crippen LogP contribution in [-0.2, 0) is 11.3 Å². The summed E-state index contributed by atoms with van der Waals surface area (Å²) < 4.78 is 0. The van der Waals surface area contributed by atoms with E-state index < -0.39 is 0 Å². The van der Waals surface area contributed by atoms with Gasteiger partial charge in [0, 0.05) is 51.0 Å². The summed E-state index contributed by atoms with van der Waals surface area (Å²) in [5.41, 5.74) is 1.45. The first-order valence-corrected chi connectivity index (χ1v) is 10.5. The number of hydrogen-bond acceptors (Lipinski definition) is 4. The molecule has 2 fully saturated rings. The molecule has 1 amide bonds. The first kappa shape index (κ1) is 23.1. The molecule has 0 aromatic carbocycles. The maximum absolute atomic E-state index is 12.1. The van der Waals surface area contributed by atoms with Gasteiger partial charge < -0.3 is 10.6 Å². The Morgan fingerprint density at radius 1 is 1.36 bits per heavy atom. The van der Waals surface area contributed by atoms with Gasteiger partial charge in [0.25, 0.3) is 0 Å².